The zero-order chi connectivity index (χ0) is 16.2. The van der Waals surface area contributed by atoms with Crippen LogP contribution in [0, 0.1) is 6.92 Å². The summed E-state index contributed by atoms with van der Waals surface area (Å²) in [5.41, 5.74) is 8.34. The molecule has 0 unspecified atom stereocenters. The Labute approximate surface area is 138 Å². The maximum absolute atomic E-state index is 5.84. The highest BCUT2D eigenvalue weighted by Crippen LogP contribution is 2.24. The molecule has 0 amide bonds. The molecule has 2 aromatic heterocycles. The van der Waals surface area contributed by atoms with Gasteiger partial charge in [-0.1, -0.05) is 12.1 Å². The van der Waals surface area contributed by atoms with Crippen molar-refractivity contribution in [1.29, 1.82) is 0 Å². The molecule has 0 saturated heterocycles. The Balaban J connectivity index is 1.86. The van der Waals surface area contributed by atoms with Crippen molar-refractivity contribution in [2.24, 2.45) is 10.7 Å². The molecule has 0 aliphatic carbocycles. The first-order valence-electron chi connectivity index (χ1n) is 7.01. The minimum Gasteiger partial charge on any atom is -0.384 e. The topological polar surface area (TPSA) is 89.1 Å². The zero-order valence-electron chi connectivity index (χ0n) is 12.8. The van der Waals surface area contributed by atoms with Gasteiger partial charge in [-0.2, -0.15) is 0 Å². The quantitative estimate of drug-likeness (QED) is 0.569. The molecule has 0 bridgehead atoms. The molecule has 0 radical (unpaired) electrons. The summed E-state index contributed by atoms with van der Waals surface area (Å²) in [6.45, 7) is 2.02. The molecular weight excluding hydrogens is 308 g/mol. The van der Waals surface area contributed by atoms with E-state index >= 15 is 0 Å². The number of hydrogen-bond donors (Lipinski definition) is 2. The molecule has 0 aliphatic heterocycles. The van der Waals surface area contributed by atoms with E-state index in [1.165, 1.54) is 0 Å². The summed E-state index contributed by atoms with van der Waals surface area (Å²) < 4.78 is 0. The van der Waals surface area contributed by atoms with E-state index in [0.29, 0.717) is 11.8 Å². The third-order valence-electron chi connectivity index (χ3n) is 3.15. The van der Waals surface area contributed by atoms with Crippen molar-refractivity contribution in [2.45, 2.75) is 6.92 Å². The Kier molecular flexibility index (Phi) is 4.29. The zero-order valence-corrected chi connectivity index (χ0v) is 13.6. The molecule has 3 rings (SSSR count). The van der Waals surface area contributed by atoms with Crippen LogP contribution in [0.5, 0.6) is 0 Å². The fourth-order valence-corrected chi connectivity index (χ4v) is 2.76. The number of amidine groups is 1. The number of anilines is 2. The van der Waals surface area contributed by atoms with Crippen molar-refractivity contribution in [3.63, 3.8) is 0 Å². The van der Waals surface area contributed by atoms with Crippen LogP contribution in [0.25, 0.3) is 10.7 Å². The van der Waals surface area contributed by atoms with Crippen LogP contribution in [0.2, 0.25) is 0 Å². The molecule has 0 spiro atoms. The molecular formula is C16H16N6S. The van der Waals surface area contributed by atoms with Crippen LogP contribution < -0.4 is 11.1 Å². The minimum atomic E-state index is 0.488. The molecule has 2 heterocycles. The molecule has 7 heteroatoms. The fourth-order valence-electron chi connectivity index (χ4n) is 2.03. The van der Waals surface area contributed by atoms with Gasteiger partial charge in [-0.25, -0.2) is 15.0 Å². The third-order valence-corrected chi connectivity index (χ3v) is 4.09. The van der Waals surface area contributed by atoms with Gasteiger partial charge in [0.1, 0.15) is 16.5 Å². The summed E-state index contributed by atoms with van der Waals surface area (Å²) in [6, 6.07) is 9.50. The second-order valence-electron chi connectivity index (χ2n) is 4.86. The first-order chi connectivity index (χ1) is 11.2. The number of thiazole rings is 1. The lowest BCUT2D eigenvalue weighted by Crippen LogP contribution is -2.13. The number of rotatable bonds is 4. The summed E-state index contributed by atoms with van der Waals surface area (Å²) >= 11 is 1.60. The van der Waals surface area contributed by atoms with Gasteiger partial charge in [-0.3, -0.25) is 4.99 Å². The highest BCUT2D eigenvalue weighted by molar-refractivity contribution is 7.14. The van der Waals surface area contributed by atoms with Gasteiger partial charge in [0.25, 0.3) is 0 Å². The van der Waals surface area contributed by atoms with Crippen molar-refractivity contribution >= 4 is 28.8 Å². The van der Waals surface area contributed by atoms with Crippen LogP contribution in [0.3, 0.4) is 0 Å². The maximum atomic E-state index is 5.84. The van der Waals surface area contributed by atoms with Crippen LogP contribution in [0.1, 0.15) is 10.4 Å². The van der Waals surface area contributed by atoms with Gasteiger partial charge in [-0.15, -0.1) is 11.3 Å². The van der Waals surface area contributed by atoms with Gasteiger partial charge in [0.15, 0.2) is 0 Å². The van der Waals surface area contributed by atoms with Crippen molar-refractivity contribution in [3.8, 4) is 10.7 Å². The molecule has 0 atom stereocenters. The first kappa shape index (κ1) is 15.1. The lowest BCUT2D eigenvalue weighted by Gasteiger charge is -2.07. The number of nitrogens with two attached hydrogens (primary N) is 1. The van der Waals surface area contributed by atoms with Crippen molar-refractivity contribution in [1.82, 2.24) is 15.0 Å². The summed E-state index contributed by atoms with van der Waals surface area (Å²) in [5, 5.41) is 4.06. The van der Waals surface area contributed by atoms with E-state index < -0.39 is 0 Å². The lowest BCUT2D eigenvalue weighted by atomic mass is 10.2. The van der Waals surface area contributed by atoms with E-state index in [1.54, 1.807) is 24.6 Å². The van der Waals surface area contributed by atoms with Gasteiger partial charge >= 0.3 is 0 Å². The number of benzene rings is 1. The normalized spacial score (nSPS) is 11.5. The molecule has 116 valence electrons. The predicted octanol–water partition coefficient (Wildman–Crippen LogP) is 2.99. The summed E-state index contributed by atoms with van der Waals surface area (Å²) in [4.78, 5) is 18.3. The Morgan fingerprint density at radius 1 is 1.26 bits per heavy atom. The first-order valence-corrected chi connectivity index (χ1v) is 7.83. The smallest absolute Gasteiger partial charge is 0.227 e. The van der Waals surface area contributed by atoms with Gasteiger partial charge in [0.05, 0.1) is 0 Å². The van der Waals surface area contributed by atoms with E-state index in [2.05, 4.69) is 25.3 Å². The molecule has 3 N–H and O–H groups in total. The number of aryl methyl sites for hydroxylation is 1. The van der Waals surface area contributed by atoms with E-state index in [4.69, 9.17) is 5.73 Å². The lowest BCUT2D eigenvalue weighted by molar-refractivity contribution is 1.16. The van der Waals surface area contributed by atoms with Crippen molar-refractivity contribution < 1.29 is 0 Å². The van der Waals surface area contributed by atoms with Gasteiger partial charge in [0.2, 0.25) is 5.95 Å². The largest absolute Gasteiger partial charge is 0.384 e. The van der Waals surface area contributed by atoms with Crippen LogP contribution in [-0.4, -0.2) is 27.8 Å². The standard InChI is InChI=1S/C16H16N6S/c1-10-9-20-15(23-10)13-6-7-19-16(22-13)21-12-5-3-4-11(8-12)14(17)18-2/h3-9H,1-2H3,(H2,17,18)(H,19,21,22). The van der Waals surface area contributed by atoms with Crippen LogP contribution in [0.4, 0.5) is 11.6 Å². The predicted molar refractivity (Wildman–Crippen MR) is 94.3 cm³/mol. The average Bonchev–Trinajstić information content (AvgIpc) is 3.01. The maximum Gasteiger partial charge on any atom is 0.227 e. The number of nitrogens with zero attached hydrogens (tertiary/aromatic N) is 4. The van der Waals surface area contributed by atoms with E-state index in [1.807, 2.05) is 43.5 Å². The SMILES string of the molecule is CN=C(N)c1cccc(Nc2nccc(-c3ncc(C)s3)n2)c1. The van der Waals surface area contributed by atoms with Crippen LogP contribution >= 0.6 is 11.3 Å². The number of nitrogens with one attached hydrogen (secondary N) is 1. The Morgan fingerprint density at radius 3 is 2.87 bits per heavy atom. The van der Waals surface area contributed by atoms with Crippen LogP contribution in [0.15, 0.2) is 47.7 Å². The Bertz CT molecular complexity index is 855. The van der Waals surface area contributed by atoms with Gasteiger partial charge < -0.3 is 11.1 Å². The Morgan fingerprint density at radius 2 is 2.13 bits per heavy atom. The third kappa shape index (κ3) is 3.51. The minimum absolute atomic E-state index is 0.488. The number of hydrogen-bond acceptors (Lipinski definition) is 6. The Hall–Kier alpha value is -2.80. The molecule has 23 heavy (non-hydrogen) atoms. The fraction of sp³-hybridized carbons (Fsp3) is 0.125. The second-order valence-corrected chi connectivity index (χ2v) is 6.09. The molecule has 0 saturated carbocycles. The number of aromatic nitrogens is 3. The molecule has 6 nitrogen and oxygen atoms in total. The summed E-state index contributed by atoms with van der Waals surface area (Å²) in [7, 11) is 1.66. The van der Waals surface area contributed by atoms with E-state index in [9.17, 15) is 0 Å². The van der Waals surface area contributed by atoms with Crippen LogP contribution in [-0.2, 0) is 0 Å². The summed E-state index contributed by atoms with van der Waals surface area (Å²) in [6.07, 6.45) is 3.55. The van der Waals surface area contributed by atoms with E-state index in [0.717, 1.165) is 26.8 Å². The van der Waals surface area contributed by atoms with Crippen molar-refractivity contribution in [2.75, 3.05) is 12.4 Å². The average molecular weight is 324 g/mol. The van der Waals surface area contributed by atoms with Gasteiger partial charge in [0, 0.05) is 35.6 Å². The van der Waals surface area contributed by atoms with E-state index in [-0.39, 0.29) is 0 Å². The molecule has 0 fully saturated rings. The monoisotopic (exact) mass is 324 g/mol. The molecule has 3 aromatic rings. The molecule has 0 aliphatic rings. The highest BCUT2D eigenvalue weighted by Gasteiger charge is 2.07. The van der Waals surface area contributed by atoms with Crippen molar-refractivity contribution in [3.05, 3.63) is 53.2 Å². The second kappa shape index (κ2) is 6.53. The molecule has 1 aromatic carbocycles. The van der Waals surface area contributed by atoms with Gasteiger partial charge in [-0.05, 0) is 25.1 Å². The number of aliphatic imine (C=N–C) groups is 1. The summed E-state index contributed by atoms with van der Waals surface area (Å²) in [5.74, 6) is 1.00. The highest BCUT2D eigenvalue weighted by atomic mass is 32.1.